The molecule has 1 heteroatoms. The maximum absolute atomic E-state index is 6.01. The highest BCUT2D eigenvalue weighted by Gasteiger charge is 2.67. The number of rotatable bonds is 2. The lowest BCUT2D eigenvalue weighted by atomic mass is 9.35. The lowest BCUT2D eigenvalue weighted by Gasteiger charge is -2.72. The Kier molecular flexibility index (Phi) is 1.26. The van der Waals surface area contributed by atoms with Crippen LogP contribution in [0.3, 0.4) is 0 Å². The first kappa shape index (κ1) is 7.60. The SMILES string of the molecule is CC(C)C(C)C12CC(N)(C1)C2. The second-order valence-electron chi connectivity index (χ2n) is 5.29. The highest BCUT2D eigenvalue weighted by atomic mass is 14.9. The van der Waals surface area contributed by atoms with Crippen molar-refractivity contribution in [1.29, 1.82) is 0 Å². The zero-order chi connectivity index (χ0) is 8.28. The van der Waals surface area contributed by atoms with Gasteiger partial charge < -0.3 is 5.73 Å². The molecule has 0 aromatic carbocycles. The van der Waals surface area contributed by atoms with Gasteiger partial charge in [-0.2, -0.15) is 0 Å². The van der Waals surface area contributed by atoms with Crippen LogP contribution >= 0.6 is 0 Å². The van der Waals surface area contributed by atoms with E-state index in [1.807, 2.05) is 0 Å². The zero-order valence-corrected chi connectivity index (χ0v) is 7.85. The maximum Gasteiger partial charge on any atom is 0.0170 e. The molecule has 0 aromatic heterocycles. The first-order chi connectivity index (χ1) is 4.98. The van der Waals surface area contributed by atoms with Gasteiger partial charge in [0.15, 0.2) is 0 Å². The van der Waals surface area contributed by atoms with Crippen LogP contribution in [0.15, 0.2) is 0 Å². The van der Waals surface area contributed by atoms with Gasteiger partial charge in [0.25, 0.3) is 0 Å². The Morgan fingerprint density at radius 2 is 1.55 bits per heavy atom. The topological polar surface area (TPSA) is 26.0 Å². The van der Waals surface area contributed by atoms with Gasteiger partial charge in [0.05, 0.1) is 0 Å². The summed E-state index contributed by atoms with van der Waals surface area (Å²) in [5.74, 6) is 1.72. The molecule has 3 rings (SSSR count). The number of nitrogens with two attached hydrogens (primary N) is 1. The molecule has 1 unspecified atom stereocenters. The molecule has 64 valence electrons. The normalized spacial score (nSPS) is 49.9. The van der Waals surface area contributed by atoms with E-state index >= 15 is 0 Å². The molecule has 0 aromatic rings. The molecule has 3 aliphatic rings. The van der Waals surface area contributed by atoms with Crippen LogP contribution in [0.1, 0.15) is 40.0 Å². The summed E-state index contributed by atoms with van der Waals surface area (Å²) in [4.78, 5) is 0. The van der Waals surface area contributed by atoms with Gasteiger partial charge in [-0.25, -0.2) is 0 Å². The van der Waals surface area contributed by atoms with Crippen LogP contribution in [-0.4, -0.2) is 5.54 Å². The molecule has 0 heterocycles. The summed E-state index contributed by atoms with van der Waals surface area (Å²) >= 11 is 0. The molecule has 1 atom stereocenters. The van der Waals surface area contributed by atoms with Crippen molar-refractivity contribution in [2.75, 3.05) is 0 Å². The fourth-order valence-corrected chi connectivity index (χ4v) is 3.14. The molecule has 0 spiro atoms. The predicted molar refractivity (Wildman–Crippen MR) is 47.2 cm³/mol. The van der Waals surface area contributed by atoms with Crippen LogP contribution in [-0.2, 0) is 0 Å². The summed E-state index contributed by atoms with van der Waals surface area (Å²) in [5, 5.41) is 0. The molecule has 3 aliphatic carbocycles. The van der Waals surface area contributed by atoms with Gasteiger partial charge in [0.1, 0.15) is 0 Å². The van der Waals surface area contributed by atoms with Gasteiger partial charge in [0, 0.05) is 5.54 Å². The lowest BCUT2D eigenvalue weighted by molar-refractivity contribution is -0.177. The molecular weight excluding hydrogens is 134 g/mol. The molecule has 1 nitrogen and oxygen atoms in total. The summed E-state index contributed by atoms with van der Waals surface area (Å²) in [6.07, 6.45) is 3.91. The smallest absolute Gasteiger partial charge is 0.0170 e. The first-order valence-electron chi connectivity index (χ1n) is 4.76. The second-order valence-corrected chi connectivity index (χ2v) is 5.29. The van der Waals surface area contributed by atoms with Gasteiger partial charge in [-0.1, -0.05) is 20.8 Å². The van der Waals surface area contributed by atoms with E-state index < -0.39 is 0 Å². The third-order valence-electron chi connectivity index (χ3n) is 4.08. The van der Waals surface area contributed by atoms with Crippen molar-refractivity contribution < 1.29 is 0 Å². The molecule has 0 amide bonds. The summed E-state index contributed by atoms with van der Waals surface area (Å²) in [6, 6.07) is 0. The lowest BCUT2D eigenvalue weighted by Crippen LogP contribution is -2.74. The Morgan fingerprint density at radius 3 is 1.82 bits per heavy atom. The van der Waals surface area contributed by atoms with E-state index in [1.165, 1.54) is 19.3 Å². The van der Waals surface area contributed by atoms with E-state index in [-0.39, 0.29) is 0 Å². The minimum absolute atomic E-state index is 0.295. The summed E-state index contributed by atoms with van der Waals surface area (Å²) in [7, 11) is 0. The maximum atomic E-state index is 6.01. The van der Waals surface area contributed by atoms with Crippen LogP contribution in [0.25, 0.3) is 0 Å². The predicted octanol–water partition coefficient (Wildman–Crippen LogP) is 2.16. The average Bonchev–Trinajstić information content (AvgIpc) is 1.77. The Morgan fingerprint density at radius 1 is 1.09 bits per heavy atom. The molecule has 11 heavy (non-hydrogen) atoms. The fourth-order valence-electron chi connectivity index (χ4n) is 3.14. The van der Waals surface area contributed by atoms with Crippen LogP contribution in [0, 0.1) is 17.3 Å². The van der Waals surface area contributed by atoms with E-state index in [9.17, 15) is 0 Å². The van der Waals surface area contributed by atoms with E-state index in [4.69, 9.17) is 5.73 Å². The van der Waals surface area contributed by atoms with Crippen molar-refractivity contribution in [3.63, 3.8) is 0 Å². The minimum Gasteiger partial charge on any atom is -0.325 e. The minimum atomic E-state index is 0.295. The number of hydrogen-bond acceptors (Lipinski definition) is 1. The van der Waals surface area contributed by atoms with Gasteiger partial charge in [0.2, 0.25) is 0 Å². The fraction of sp³-hybridized carbons (Fsp3) is 1.00. The summed E-state index contributed by atoms with van der Waals surface area (Å²) in [6.45, 7) is 7.05. The largest absolute Gasteiger partial charge is 0.325 e. The van der Waals surface area contributed by atoms with Crippen molar-refractivity contribution >= 4 is 0 Å². The number of hydrogen-bond donors (Lipinski definition) is 1. The Labute approximate surface area is 69.4 Å². The highest BCUT2D eigenvalue weighted by Crippen LogP contribution is 2.70. The molecule has 0 radical (unpaired) electrons. The van der Waals surface area contributed by atoms with E-state index in [2.05, 4.69) is 20.8 Å². The quantitative estimate of drug-likeness (QED) is 0.646. The van der Waals surface area contributed by atoms with Crippen LogP contribution in [0.5, 0.6) is 0 Å². The molecule has 0 saturated heterocycles. The molecule has 0 aliphatic heterocycles. The van der Waals surface area contributed by atoms with E-state index in [0.29, 0.717) is 11.0 Å². The monoisotopic (exact) mass is 153 g/mol. The van der Waals surface area contributed by atoms with Gasteiger partial charge >= 0.3 is 0 Å². The zero-order valence-electron chi connectivity index (χ0n) is 7.85. The standard InChI is InChI=1S/C10H19N/c1-7(2)8(3)9-4-10(11,5-9)6-9/h7-8H,4-6,11H2,1-3H3. The molecule has 2 N–H and O–H groups in total. The highest BCUT2D eigenvalue weighted by molar-refractivity contribution is 5.22. The summed E-state index contributed by atoms with van der Waals surface area (Å²) < 4.78 is 0. The van der Waals surface area contributed by atoms with Crippen molar-refractivity contribution in [2.45, 2.75) is 45.6 Å². The molecule has 2 bridgehead atoms. The van der Waals surface area contributed by atoms with Crippen molar-refractivity contribution in [3.8, 4) is 0 Å². The molecular formula is C10H19N. The van der Waals surface area contributed by atoms with E-state index in [0.717, 1.165) is 11.8 Å². The van der Waals surface area contributed by atoms with Crippen LogP contribution in [0.4, 0.5) is 0 Å². The van der Waals surface area contributed by atoms with Gasteiger partial charge in [-0.15, -0.1) is 0 Å². The Hall–Kier alpha value is -0.0400. The Balaban J connectivity index is 1.99. The Bertz CT molecular complexity index is 164. The summed E-state index contributed by atoms with van der Waals surface area (Å²) in [5.41, 5.74) is 6.99. The molecule has 3 fully saturated rings. The van der Waals surface area contributed by atoms with Crippen LogP contribution in [0.2, 0.25) is 0 Å². The van der Waals surface area contributed by atoms with Crippen molar-refractivity contribution in [2.24, 2.45) is 23.0 Å². The third-order valence-corrected chi connectivity index (χ3v) is 4.08. The second kappa shape index (κ2) is 1.82. The first-order valence-corrected chi connectivity index (χ1v) is 4.76. The van der Waals surface area contributed by atoms with Crippen LogP contribution < -0.4 is 5.73 Å². The van der Waals surface area contributed by atoms with Crippen molar-refractivity contribution in [3.05, 3.63) is 0 Å². The third kappa shape index (κ3) is 0.807. The van der Waals surface area contributed by atoms with Gasteiger partial charge in [-0.3, -0.25) is 0 Å². The van der Waals surface area contributed by atoms with E-state index in [1.54, 1.807) is 0 Å². The average molecular weight is 153 g/mol. The van der Waals surface area contributed by atoms with Crippen molar-refractivity contribution in [1.82, 2.24) is 0 Å². The van der Waals surface area contributed by atoms with Gasteiger partial charge in [-0.05, 0) is 36.5 Å². The molecule has 3 saturated carbocycles.